The molecule has 1 aliphatic rings. The summed E-state index contributed by atoms with van der Waals surface area (Å²) in [5, 5.41) is 2.94. The van der Waals surface area contributed by atoms with E-state index in [1.54, 1.807) is 26.4 Å². The van der Waals surface area contributed by atoms with E-state index in [0.717, 1.165) is 38.4 Å². The van der Waals surface area contributed by atoms with E-state index in [0.29, 0.717) is 5.92 Å². The molecule has 1 aromatic heterocycles. The summed E-state index contributed by atoms with van der Waals surface area (Å²) < 4.78 is 4.99. The number of nitrogens with zero attached hydrogens (tertiary/aromatic N) is 3. The van der Waals surface area contributed by atoms with Gasteiger partial charge < -0.3 is 15.0 Å². The van der Waals surface area contributed by atoms with Crippen LogP contribution in [0.25, 0.3) is 0 Å². The fraction of sp³-hybridized carbons (Fsp3) is 0.643. The van der Waals surface area contributed by atoms with Crippen LogP contribution in [0.15, 0.2) is 18.5 Å². The van der Waals surface area contributed by atoms with E-state index in [-0.39, 0.29) is 12.0 Å². The first-order chi connectivity index (χ1) is 9.70. The van der Waals surface area contributed by atoms with Crippen LogP contribution in [0.3, 0.4) is 0 Å². The van der Waals surface area contributed by atoms with Gasteiger partial charge in [-0.05, 0) is 31.7 Å². The van der Waals surface area contributed by atoms with Crippen LogP contribution >= 0.6 is 0 Å². The van der Waals surface area contributed by atoms with Crippen LogP contribution in [-0.4, -0.2) is 48.7 Å². The smallest absolute Gasteiger partial charge is 0.248 e. The first kappa shape index (κ1) is 14.7. The number of hydrogen-bond acceptors (Lipinski definition) is 5. The fourth-order valence-electron chi connectivity index (χ4n) is 2.29. The molecule has 1 fully saturated rings. The molecule has 0 aliphatic carbocycles. The quantitative estimate of drug-likeness (QED) is 0.864. The zero-order valence-corrected chi connectivity index (χ0v) is 12.1. The number of methoxy groups -OCH3 is 1. The fourth-order valence-corrected chi connectivity index (χ4v) is 2.29. The maximum atomic E-state index is 11.6. The molecule has 1 saturated heterocycles. The molecule has 0 bridgehead atoms. The van der Waals surface area contributed by atoms with Gasteiger partial charge in [0.25, 0.3) is 0 Å². The van der Waals surface area contributed by atoms with Crippen molar-refractivity contribution in [2.75, 3.05) is 31.6 Å². The van der Waals surface area contributed by atoms with Crippen molar-refractivity contribution in [2.24, 2.45) is 5.92 Å². The molecule has 0 unspecified atom stereocenters. The van der Waals surface area contributed by atoms with E-state index in [2.05, 4.69) is 20.2 Å². The normalized spacial score (nSPS) is 17.8. The van der Waals surface area contributed by atoms with E-state index in [4.69, 9.17) is 4.74 Å². The number of aromatic nitrogens is 2. The molecular formula is C14H22N4O2. The van der Waals surface area contributed by atoms with Crippen molar-refractivity contribution in [3.63, 3.8) is 0 Å². The number of piperidine rings is 1. The summed E-state index contributed by atoms with van der Waals surface area (Å²) in [6.45, 7) is 4.34. The molecule has 110 valence electrons. The first-order valence-corrected chi connectivity index (χ1v) is 7.03. The number of nitrogens with one attached hydrogen (secondary N) is 1. The Balaban J connectivity index is 1.73. The lowest BCUT2D eigenvalue weighted by atomic mass is 9.97. The number of hydrogen-bond donors (Lipinski definition) is 1. The first-order valence-electron chi connectivity index (χ1n) is 7.03. The van der Waals surface area contributed by atoms with E-state index in [1.807, 2.05) is 6.07 Å². The zero-order valence-electron chi connectivity index (χ0n) is 12.1. The van der Waals surface area contributed by atoms with Gasteiger partial charge in [0, 0.05) is 39.1 Å². The highest BCUT2D eigenvalue weighted by Gasteiger charge is 2.21. The van der Waals surface area contributed by atoms with Crippen molar-refractivity contribution < 1.29 is 9.53 Å². The largest absolute Gasteiger partial charge is 0.372 e. The van der Waals surface area contributed by atoms with Crippen molar-refractivity contribution in [2.45, 2.75) is 25.9 Å². The van der Waals surface area contributed by atoms with Gasteiger partial charge >= 0.3 is 0 Å². The summed E-state index contributed by atoms with van der Waals surface area (Å²) in [6, 6.07) is 1.82. The molecule has 1 amide bonds. The van der Waals surface area contributed by atoms with Crippen molar-refractivity contribution >= 4 is 11.9 Å². The number of ether oxygens (including phenoxy) is 1. The predicted molar refractivity (Wildman–Crippen MR) is 76.4 cm³/mol. The minimum Gasteiger partial charge on any atom is -0.372 e. The van der Waals surface area contributed by atoms with Crippen molar-refractivity contribution in [3.05, 3.63) is 18.5 Å². The lowest BCUT2D eigenvalue weighted by Crippen LogP contribution is -2.41. The van der Waals surface area contributed by atoms with Crippen LogP contribution in [0.5, 0.6) is 0 Å². The molecule has 0 radical (unpaired) electrons. The highest BCUT2D eigenvalue weighted by atomic mass is 16.5. The van der Waals surface area contributed by atoms with Crippen molar-refractivity contribution in [1.29, 1.82) is 0 Å². The topological polar surface area (TPSA) is 67.3 Å². The zero-order chi connectivity index (χ0) is 14.4. The third kappa shape index (κ3) is 3.90. The molecule has 2 heterocycles. The second kappa shape index (κ2) is 7.19. The van der Waals surface area contributed by atoms with Gasteiger partial charge in [0.15, 0.2) is 0 Å². The number of anilines is 1. The SMILES string of the molecule is CO[C@H](C)C(=O)NCC1CCN(c2ncccn2)CC1. The third-order valence-corrected chi connectivity index (χ3v) is 3.74. The lowest BCUT2D eigenvalue weighted by Gasteiger charge is -2.32. The number of carbonyl (C=O) groups is 1. The highest BCUT2D eigenvalue weighted by Crippen LogP contribution is 2.19. The standard InChI is InChI=1S/C14H22N4O2/c1-11(20-2)13(19)17-10-12-4-8-18(9-5-12)14-15-6-3-7-16-14/h3,6-7,11-12H,4-5,8-10H2,1-2H3,(H,17,19)/t11-/m1/s1. The Morgan fingerprint density at radius 2 is 2.10 bits per heavy atom. The van der Waals surface area contributed by atoms with E-state index in [1.165, 1.54) is 0 Å². The van der Waals surface area contributed by atoms with Gasteiger partial charge in [-0.15, -0.1) is 0 Å². The van der Waals surface area contributed by atoms with Gasteiger partial charge in [-0.25, -0.2) is 9.97 Å². The average Bonchev–Trinajstić information content (AvgIpc) is 2.53. The Morgan fingerprint density at radius 1 is 1.45 bits per heavy atom. The Bertz CT molecular complexity index is 418. The van der Waals surface area contributed by atoms with Crippen LogP contribution in [0.2, 0.25) is 0 Å². The Hall–Kier alpha value is -1.69. The minimum atomic E-state index is -0.382. The van der Waals surface area contributed by atoms with Crippen LogP contribution in [0.4, 0.5) is 5.95 Å². The maximum Gasteiger partial charge on any atom is 0.248 e. The van der Waals surface area contributed by atoms with Crippen molar-refractivity contribution in [3.8, 4) is 0 Å². The average molecular weight is 278 g/mol. The van der Waals surface area contributed by atoms with Gasteiger partial charge in [0.1, 0.15) is 6.10 Å². The monoisotopic (exact) mass is 278 g/mol. The molecule has 1 atom stereocenters. The van der Waals surface area contributed by atoms with Gasteiger partial charge in [-0.2, -0.15) is 0 Å². The Kier molecular flexibility index (Phi) is 5.29. The second-order valence-electron chi connectivity index (χ2n) is 5.10. The summed E-state index contributed by atoms with van der Waals surface area (Å²) in [7, 11) is 1.54. The number of rotatable bonds is 5. The molecule has 0 aromatic carbocycles. The van der Waals surface area contributed by atoms with Crippen LogP contribution in [0, 0.1) is 5.92 Å². The summed E-state index contributed by atoms with van der Waals surface area (Å²) >= 11 is 0. The minimum absolute atomic E-state index is 0.0404. The molecule has 0 spiro atoms. The van der Waals surface area contributed by atoms with E-state index < -0.39 is 0 Å². The molecule has 1 aromatic rings. The van der Waals surface area contributed by atoms with Gasteiger partial charge in [-0.1, -0.05) is 0 Å². The molecule has 0 saturated carbocycles. The van der Waals surface area contributed by atoms with Gasteiger partial charge in [-0.3, -0.25) is 4.79 Å². The summed E-state index contributed by atoms with van der Waals surface area (Å²) in [5.41, 5.74) is 0. The molecule has 20 heavy (non-hydrogen) atoms. The second-order valence-corrected chi connectivity index (χ2v) is 5.10. The third-order valence-electron chi connectivity index (χ3n) is 3.74. The molecule has 6 nitrogen and oxygen atoms in total. The van der Waals surface area contributed by atoms with E-state index in [9.17, 15) is 4.79 Å². The predicted octanol–water partition coefficient (Wildman–Crippen LogP) is 0.844. The lowest BCUT2D eigenvalue weighted by molar-refractivity contribution is -0.130. The van der Waals surface area contributed by atoms with E-state index >= 15 is 0 Å². The summed E-state index contributed by atoms with van der Waals surface area (Å²) in [4.78, 5) is 22.4. The Labute approximate surface area is 119 Å². The molecule has 6 heteroatoms. The number of amides is 1. The van der Waals surface area contributed by atoms with Crippen LogP contribution in [0.1, 0.15) is 19.8 Å². The molecule has 1 N–H and O–H groups in total. The molecule has 2 rings (SSSR count). The molecular weight excluding hydrogens is 256 g/mol. The van der Waals surface area contributed by atoms with Gasteiger partial charge in [0.05, 0.1) is 0 Å². The van der Waals surface area contributed by atoms with Crippen LogP contribution in [-0.2, 0) is 9.53 Å². The van der Waals surface area contributed by atoms with Crippen LogP contribution < -0.4 is 10.2 Å². The summed E-state index contributed by atoms with van der Waals surface area (Å²) in [5.74, 6) is 1.27. The van der Waals surface area contributed by atoms with Crippen molar-refractivity contribution in [1.82, 2.24) is 15.3 Å². The Morgan fingerprint density at radius 3 is 2.70 bits per heavy atom. The number of carbonyl (C=O) groups excluding carboxylic acids is 1. The maximum absolute atomic E-state index is 11.6. The van der Waals surface area contributed by atoms with Gasteiger partial charge in [0.2, 0.25) is 11.9 Å². The molecule has 1 aliphatic heterocycles. The highest BCUT2D eigenvalue weighted by molar-refractivity contribution is 5.80. The summed E-state index contributed by atoms with van der Waals surface area (Å²) in [6.07, 6.45) is 5.23.